The molecule has 0 aromatic heterocycles. The number of piperazine rings is 1. The summed E-state index contributed by atoms with van der Waals surface area (Å²) in [6.07, 6.45) is 0. The summed E-state index contributed by atoms with van der Waals surface area (Å²) in [5.74, 6) is 0.0284. The number of anilines is 1. The maximum absolute atomic E-state index is 13.1. The highest BCUT2D eigenvalue weighted by Gasteiger charge is 2.36. The Hall–Kier alpha value is -1.36. The van der Waals surface area contributed by atoms with Gasteiger partial charge in [-0.25, -0.2) is 16.8 Å². The van der Waals surface area contributed by atoms with E-state index in [9.17, 15) is 16.8 Å². The molecule has 0 amide bonds. The highest BCUT2D eigenvalue weighted by molar-refractivity contribution is 7.92. The number of rotatable bonds is 6. The minimum atomic E-state index is -3.76. The van der Waals surface area contributed by atoms with E-state index < -0.39 is 20.0 Å². The van der Waals surface area contributed by atoms with Crippen molar-refractivity contribution >= 4 is 25.7 Å². The third kappa shape index (κ3) is 4.25. The highest BCUT2D eigenvalue weighted by atomic mass is 32.2. The lowest BCUT2D eigenvalue weighted by Gasteiger charge is -2.37. The number of hydrogen-bond acceptors (Lipinski definition) is 6. The summed E-state index contributed by atoms with van der Waals surface area (Å²) >= 11 is 0. The number of sulfonamides is 2. The third-order valence-corrected chi connectivity index (χ3v) is 7.71. The van der Waals surface area contributed by atoms with E-state index in [2.05, 4.69) is 10.0 Å². The van der Waals surface area contributed by atoms with Crippen LogP contribution in [0.25, 0.3) is 0 Å². The molecule has 25 heavy (non-hydrogen) atoms. The molecule has 1 aliphatic heterocycles. The lowest BCUT2D eigenvalue weighted by atomic mass is 10.1. The molecule has 0 radical (unpaired) electrons. The van der Waals surface area contributed by atoms with E-state index in [0.717, 1.165) is 0 Å². The molecule has 10 heteroatoms. The molecule has 1 heterocycles. The van der Waals surface area contributed by atoms with Crippen LogP contribution in [-0.2, 0) is 20.0 Å². The van der Waals surface area contributed by atoms with Crippen LogP contribution >= 0.6 is 0 Å². The summed E-state index contributed by atoms with van der Waals surface area (Å²) in [7, 11) is -5.86. The maximum Gasteiger partial charge on any atom is 0.247 e. The lowest BCUT2D eigenvalue weighted by molar-refractivity contribution is 0.232. The van der Waals surface area contributed by atoms with Crippen molar-refractivity contribution in [2.75, 3.05) is 30.7 Å². The molecule has 2 N–H and O–H groups in total. The summed E-state index contributed by atoms with van der Waals surface area (Å²) in [5, 5.41) is 3.24. The van der Waals surface area contributed by atoms with Crippen molar-refractivity contribution in [2.45, 2.75) is 37.8 Å². The van der Waals surface area contributed by atoms with Crippen molar-refractivity contribution in [3.05, 3.63) is 18.2 Å². The van der Waals surface area contributed by atoms with Crippen LogP contribution in [0.5, 0.6) is 5.75 Å². The number of ether oxygens (including phenoxy) is 1. The monoisotopic (exact) mass is 391 g/mol. The van der Waals surface area contributed by atoms with Gasteiger partial charge in [0.2, 0.25) is 20.0 Å². The largest absolute Gasteiger partial charge is 0.495 e. The van der Waals surface area contributed by atoms with Crippen LogP contribution in [-0.4, -0.2) is 59.2 Å². The van der Waals surface area contributed by atoms with Gasteiger partial charge in [-0.1, -0.05) is 0 Å². The Morgan fingerprint density at radius 2 is 1.96 bits per heavy atom. The minimum Gasteiger partial charge on any atom is -0.495 e. The van der Waals surface area contributed by atoms with Gasteiger partial charge in [0.1, 0.15) is 10.6 Å². The van der Waals surface area contributed by atoms with E-state index >= 15 is 0 Å². The molecule has 1 aromatic carbocycles. The number of nitrogens with zero attached hydrogens (tertiary/aromatic N) is 1. The molecular formula is C15H25N3O5S2. The van der Waals surface area contributed by atoms with Gasteiger partial charge < -0.3 is 10.1 Å². The summed E-state index contributed by atoms with van der Waals surface area (Å²) in [6, 6.07) is 4.02. The molecule has 1 aromatic rings. The second-order valence-corrected chi connectivity index (χ2v) is 9.84. The summed E-state index contributed by atoms with van der Waals surface area (Å²) in [5.41, 5.74) is 0.263. The molecule has 1 aliphatic rings. The first-order valence-electron chi connectivity index (χ1n) is 8.06. The molecule has 8 nitrogen and oxygen atoms in total. The van der Waals surface area contributed by atoms with E-state index in [0.29, 0.717) is 13.1 Å². The van der Waals surface area contributed by atoms with Gasteiger partial charge >= 0.3 is 0 Å². The van der Waals surface area contributed by atoms with Crippen LogP contribution in [0.3, 0.4) is 0 Å². The Morgan fingerprint density at radius 3 is 2.56 bits per heavy atom. The Kier molecular flexibility index (Phi) is 5.97. The van der Waals surface area contributed by atoms with Gasteiger partial charge in [-0.2, -0.15) is 4.31 Å². The predicted molar refractivity (Wildman–Crippen MR) is 96.9 cm³/mol. The van der Waals surface area contributed by atoms with Gasteiger partial charge in [-0.15, -0.1) is 0 Å². The fourth-order valence-electron chi connectivity index (χ4n) is 2.69. The molecule has 1 saturated heterocycles. The van der Waals surface area contributed by atoms with Crippen LogP contribution < -0.4 is 14.8 Å². The van der Waals surface area contributed by atoms with Crippen LogP contribution in [0.15, 0.2) is 23.1 Å². The second kappa shape index (κ2) is 7.48. The topological polar surface area (TPSA) is 105 Å². The number of hydrogen-bond donors (Lipinski definition) is 2. The molecule has 142 valence electrons. The van der Waals surface area contributed by atoms with Crippen molar-refractivity contribution in [1.82, 2.24) is 9.62 Å². The number of methoxy groups -OCH3 is 1. The van der Waals surface area contributed by atoms with E-state index in [4.69, 9.17) is 4.74 Å². The molecule has 1 fully saturated rings. The average molecular weight is 392 g/mol. The van der Waals surface area contributed by atoms with E-state index in [1.54, 1.807) is 0 Å². The van der Waals surface area contributed by atoms with Crippen molar-refractivity contribution < 1.29 is 21.6 Å². The van der Waals surface area contributed by atoms with E-state index in [1.165, 1.54) is 36.5 Å². The molecule has 0 aliphatic carbocycles. The second-order valence-electron chi connectivity index (χ2n) is 5.97. The Morgan fingerprint density at radius 1 is 1.28 bits per heavy atom. The molecule has 2 unspecified atom stereocenters. The van der Waals surface area contributed by atoms with Crippen molar-refractivity contribution in [3.8, 4) is 5.75 Å². The van der Waals surface area contributed by atoms with Gasteiger partial charge in [0.25, 0.3) is 0 Å². The van der Waals surface area contributed by atoms with Gasteiger partial charge in [0, 0.05) is 31.2 Å². The fourth-order valence-corrected chi connectivity index (χ4v) is 5.16. The summed E-state index contributed by atoms with van der Waals surface area (Å²) in [4.78, 5) is 0.0235. The quantitative estimate of drug-likeness (QED) is 0.744. The van der Waals surface area contributed by atoms with Gasteiger partial charge in [-0.3, -0.25) is 4.72 Å². The lowest BCUT2D eigenvalue weighted by Crippen LogP contribution is -2.57. The molecule has 2 atom stereocenters. The Labute approximate surface area is 149 Å². The van der Waals surface area contributed by atoms with Crippen molar-refractivity contribution in [2.24, 2.45) is 0 Å². The van der Waals surface area contributed by atoms with Gasteiger partial charge in [0.05, 0.1) is 18.6 Å². The first kappa shape index (κ1) is 20.0. The number of nitrogens with one attached hydrogen (secondary N) is 2. The standard InChI is InChI=1S/C15H25N3O5S2/c1-5-24(19,20)17-13-6-7-15(14(10-13)23-4)25(21,22)18-9-8-16-11(2)12(18)3/h6-7,10-12,16-17H,5,8-9H2,1-4H3. The molecule has 0 saturated carbocycles. The molecular weight excluding hydrogens is 366 g/mol. The maximum atomic E-state index is 13.1. The summed E-state index contributed by atoms with van der Waals surface area (Å²) < 4.78 is 58.5. The minimum absolute atomic E-state index is 0.0235. The predicted octanol–water partition coefficient (Wildman–Crippen LogP) is 0.828. The fraction of sp³-hybridized carbons (Fsp3) is 0.600. The smallest absolute Gasteiger partial charge is 0.247 e. The van der Waals surface area contributed by atoms with Crippen LogP contribution in [0, 0.1) is 0 Å². The first-order chi connectivity index (χ1) is 11.6. The highest BCUT2D eigenvalue weighted by Crippen LogP contribution is 2.31. The van der Waals surface area contributed by atoms with Gasteiger partial charge in [-0.05, 0) is 32.9 Å². The normalized spacial score (nSPS) is 22.6. The average Bonchev–Trinajstić information content (AvgIpc) is 2.56. The molecule has 2 rings (SSSR count). The van der Waals surface area contributed by atoms with Crippen molar-refractivity contribution in [3.63, 3.8) is 0 Å². The zero-order valence-corrected chi connectivity index (χ0v) is 16.4. The van der Waals surface area contributed by atoms with Gasteiger partial charge in [0.15, 0.2) is 0 Å². The van der Waals surface area contributed by atoms with E-state index in [-0.39, 0.29) is 34.2 Å². The first-order valence-corrected chi connectivity index (χ1v) is 11.2. The molecule has 0 spiro atoms. The third-order valence-electron chi connectivity index (χ3n) is 4.38. The number of benzene rings is 1. The van der Waals surface area contributed by atoms with Crippen LogP contribution in [0.2, 0.25) is 0 Å². The van der Waals surface area contributed by atoms with Crippen LogP contribution in [0.4, 0.5) is 5.69 Å². The molecule has 0 bridgehead atoms. The SMILES string of the molecule is CCS(=O)(=O)Nc1ccc(S(=O)(=O)N2CCNC(C)C2C)c(OC)c1. The summed E-state index contributed by atoms with van der Waals surface area (Å²) in [6.45, 7) is 6.24. The zero-order valence-electron chi connectivity index (χ0n) is 14.8. The Balaban J connectivity index is 2.41. The van der Waals surface area contributed by atoms with Crippen molar-refractivity contribution in [1.29, 1.82) is 0 Å². The zero-order chi connectivity index (χ0) is 18.8. The van der Waals surface area contributed by atoms with Crippen LogP contribution in [0.1, 0.15) is 20.8 Å². The Bertz CT molecular complexity index is 824. The van der Waals surface area contributed by atoms with E-state index in [1.807, 2.05) is 13.8 Å².